The predicted octanol–water partition coefficient (Wildman–Crippen LogP) is 1.40. The van der Waals surface area contributed by atoms with Gasteiger partial charge in [-0.3, -0.25) is 9.59 Å². The second-order valence-electron chi connectivity index (χ2n) is 6.74. The van der Waals surface area contributed by atoms with Gasteiger partial charge >= 0.3 is 0 Å². The van der Waals surface area contributed by atoms with Gasteiger partial charge in [0, 0.05) is 26.7 Å². The zero-order valence-corrected chi connectivity index (χ0v) is 15.0. The zero-order chi connectivity index (χ0) is 17.8. The second-order valence-corrected chi connectivity index (χ2v) is 6.74. The molecule has 1 saturated heterocycles. The molecule has 1 fully saturated rings. The Morgan fingerprint density at radius 3 is 3.00 bits per heavy atom. The van der Waals surface area contributed by atoms with E-state index in [1.807, 2.05) is 12.1 Å². The molecule has 0 bridgehead atoms. The predicted molar refractivity (Wildman–Crippen MR) is 93.6 cm³/mol. The van der Waals surface area contributed by atoms with Crippen molar-refractivity contribution in [2.75, 3.05) is 39.9 Å². The summed E-state index contributed by atoms with van der Waals surface area (Å²) in [4.78, 5) is 28.7. The van der Waals surface area contributed by atoms with E-state index >= 15 is 0 Å². The van der Waals surface area contributed by atoms with E-state index in [0.717, 1.165) is 24.2 Å². The minimum absolute atomic E-state index is 0.0188. The topological polar surface area (TPSA) is 59.1 Å². The van der Waals surface area contributed by atoms with Crippen molar-refractivity contribution in [1.82, 2.24) is 9.80 Å². The highest BCUT2D eigenvalue weighted by atomic mass is 16.5. The molecule has 2 aliphatic rings. The van der Waals surface area contributed by atoms with Crippen molar-refractivity contribution in [2.45, 2.75) is 32.3 Å². The van der Waals surface area contributed by atoms with Crippen LogP contribution in [0.4, 0.5) is 0 Å². The standard InChI is InChI=1S/C19H26N2O4/c1-14-4-6-16-15(12-14)5-7-17(25-16)19(23)21-9-3-8-20(10-11-24-2)18(22)13-21/h4,6,12,17H,3,5,7-11,13H2,1-2H3/t17-/m1/s1. The lowest BCUT2D eigenvalue weighted by Crippen LogP contribution is -2.46. The van der Waals surface area contributed by atoms with Crippen molar-refractivity contribution < 1.29 is 19.1 Å². The first kappa shape index (κ1) is 17.7. The molecular formula is C19H26N2O4. The molecule has 3 rings (SSSR count). The molecule has 2 amide bonds. The summed E-state index contributed by atoms with van der Waals surface area (Å²) in [6.07, 6.45) is 1.78. The number of rotatable bonds is 4. The van der Waals surface area contributed by atoms with Crippen molar-refractivity contribution in [2.24, 2.45) is 0 Å². The lowest BCUT2D eigenvalue weighted by atomic mass is 9.99. The molecule has 0 spiro atoms. The highest BCUT2D eigenvalue weighted by Gasteiger charge is 2.32. The number of methoxy groups -OCH3 is 1. The molecule has 0 aromatic heterocycles. The van der Waals surface area contributed by atoms with E-state index in [4.69, 9.17) is 9.47 Å². The summed E-state index contributed by atoms with van der Waals surface area (Å²) in [6, 6.07) is 6.04. The van der Waals surface area contributed by atoms with E-state index in [9.17, 15) is 9.59 Å². The van der Waals surface area contributed by atoms with Crippen LogP contribution in [0.5, 0.6) is 5.75 Å². The minimum Gasteiger partial charge on any atom is -0.480 e. The average Bonchev–Trinajstić information content (AvgIpc) is 2.80. The van der Waals surface area contributed by atoms with Crippen LogP contribution in [0, 0.1) is 6.92 Å². The van der Waals surface area contributed by atoms with E-state index in [0.29, 0.717) is 32.7 Å². The summed E-state index contributed by atoms with van der Waals surface area (Å²) in [5.41, 5.74) is 2.35. The number of ether oxygens (including phenoxy) is 2. The summed E-state index contributed by atoms with van der Waals surface area (Å²) in [5, 5.41) is 0. The molecule has 0 unspecified atom stereocenters. The van der Waals surface area contributed by atoms with Crippen molar-refractivity contribution in [3.05, 3.63) is 29.3 Å². The first-order valence-corrected chi connectivity index (χ1v) is 8.90. The lowest BCUT2D eigenvalue weighted by Gasteiger charge is -2.30. The number of carbonyl (C=O) groups is 2. The highest BCUT2D eigenvalue weighted by Crippen LogP contribution is 2.29. The number of nitrogens with zero attached hydrogens (tertiary/aromatic N) is 2. The van der Waals surface area contributed by atoms with Crippen molar-refractivity contribution in [3.63, 3.8) is 0 Å². The summed E-state index contributed by atoms with van der Waals surface area (Å²) in [5.74, 6) is 0.695. The molecule has 0 N–H and O–H groups in total. The van der Waals surface area contributed by atoms with Crippen molar-refractivity contribution >= 4 is 11.8 Å². The fourth-order valence-electron chi connectivity index (χ4n) is 3.44. The number of benzene rings is 1. The number of hydrogen-bond acceptors (Lipinski definition) is 4. The fraction of sp³-hybridized carbons (Fsp3) is 0.579. The molecule has 2 aliphatic heterocycles. The first-order chi connectivity index (χ1) is 12.1. The smallest absolute Gasteiger partial charge is 0.264 e. The van der Waals surface area contributed by atoms with Crippen LogP contribution in [0.3, 0.4) is 0 Å². The lowest BCUT2D eigenvalue weighted by molar-refractivity contribution is -0.144. The number of fused-ring (bicyclic) bond motifs is 1. The number of hydrogen-bond donors (Lipinski definition) is 0. The summed E-state index contributed by atoms with van der Waals surface area (Å²) < 4.78 is 11.0. The Morgan fingerprint density at radius 1 is 1.36 bits per heavy atom. The van der Waals surface area contributed by atoms with Gasteiger partial charge in [-0.25, -0.2) is 0 Å². The monoisotopic (exact) mass is 346 g/mol. The molecule has 6 nitrogen and oxygen atoms in total. The molecule has 0 radical (unpaired) electrons. The molecule has 25 heavy (non-hydrogen) atoms. The third kappa shape index (κ3) is 4.12. The fourth-order valence-corrected chi connectivity index (χ4v) is 3.44. The third-order valence-electron chi connectivity index (χ3n) is 4.85. The average molecular weight is 346 g/mol. The van der Waals surface area contributed by atoms with Crippen LogP contribution in [-0.2, 0) is 20.7 Å². The molecule has 1 aromatic rings. The Balaban J connectivity index is 1.63. The molecule has 6 heteroatoms. The van der Waals surface area contributed by atoms with Crippen LogP contribution in [0.25, 0.3) is 0 Å². The highest BCUT2D eigenvalue weighted by molar-refractivity contribution is 5.87. The van der Waals surface area contributed by atoms with Crippen molar-refractivity contribution in [3.8, 4) is 5.75 Å². The SMILES string of the molecule is COCCN1CCCN(C(=O)[C@H]2CCc3cc(C)ccc3O2)CC1=O. The van der Waals surface area contributed by atoms with Gasteiger partial charge in [0.1, 0.15) is 5.75 Å². The molecule has 0 aliphatic carbocycles. The Morgan fingerprint density at radius 2 is 2.20 bits per heavy atom. The van der Waals surface area contributed by atoms with Gasteiger partial charge in [-0.2, -0.15) is 0 Å². The molecule has 2 heterocycles. The van der Waals surface area contributed by atoms with Gasteiger partial charge in [0.25, 0.3) is 5.91 Å². The summed E-state index contributed by atoms with van der Waals surface area (Å²) in [6.45, 7) is 4.53. The van der Waals surface area contributed by atoms with E-state index in [2.05, 4.69) is 13.0 Å². The maximum Gasteiger partial charge on any atom is 0.264 e. The van der Waals surface area contributed by atoms with Gasteiger partial charge in [0.2, 0.25) is 5.91 Å². The van der Waals surface area contributed by atoms with Gasteiger partial charge < -0.3 is 19.3 Å². The van der Waals surface area contributed by atoms with Crippen LogP contribution in [0.15, 0.2) is 18.2 Å². The maximum absolute atomic E-state index is 12.9. The van der Waals surface area contributed by atoms with Gasteiger partial charge in [-0.15, -0.1) is 0 Å². The van der Waals surface area contributed by atoms with Crippen LogP contribution in [0.2, 0.25) is 0 Å². The normalized spacial score (nSPS) is 20.7. The van der Waals surface area contributed by atoms with Gasteiger partial charge in [0.05, 0.1) is 13.2 Å². The van der Waals surface area contributed by atoms with E-state index in [-0.39, 0.29) is 18.4 Å². The van der Waals surface area contributed by atoms with E-state index < -0.39 is 6.10 Å². The Labute approximate surface area is 148 Å². The largest absolute Gasteiger partial charge is 0.480 e. The van der Waals surface area contributed by atoms with Crippen molar-refractivity contribution in [1.29, 1.82) is 0 Å². The molecule has 1 atom stereocenters. The van der Waals surface area contributed by atoms with Gasteiger partial charge in [-0.05, 0) is 37.8 Å². The minimum atomic E-state index is -0.492. The number of amides is 2. The Hall–Kier alpha value is -2.08. The van der Waals surface area contributed by atoms with Gasteiger partial charge in [0.15, 0.2) is 6.10 Å². The molecular weight excluding hydrogens is 320 g/mol. The molecule has 136 valence electrons. The Kier molecular flexibility index (Phi) is 5.58. The van der Waals surface area contributed by atoms with Gasteiger partial charge in [-0.1, -0.05) is 17.7 Å². The Bertz CT molecular complexity index is 646. The van der Waals surface area contributed by atoms with Crippen LogP contribution in [-0.4, -0.2) is 67.6 Å². The van der Waals surface area contributed by atoms with Crippen LogP contribution in [0.1, 0.15) is 24.0 Å². The van der Waals surface area contributed by atoms with E-state index in [1.54, 1.807) is 16.9 Å². The number of aryl methyl sites for hydroxylation is 2. The maximum atomic E-state index is 12.9. The number of carbonyl (C=O) groups excluding carboxylic acids is 2. The van der Waals surface area contributed by atoms with Crippen LogP contribution >= 0.6 is 0 Å². The zero-order valence-electron chi connectivity index (χ0n) is 15.0. The summed E-state index contributed by atoms with van der Waals surface area (Å²) in [7, 11) is 1.62. The quantitative estimate of drug-likeness (QED) is 0.827. The second kappa shape index (κ2) is 7.87. The molecule has 0 saturated carbocycles. The first-order valence-electron chi connectivity index (χ1n) is 8.90. The molecule has 1 aromatic carbocycles. The van der Waals surface area contributed by atoms with Crippen LogP contribution < -0.4 is 4.74 Å². The van der Waals surface area contributed by atoms with E-state index in [1.165, 1.54) is 5.56 Å². The summed E-state index contributed by atoms with van der Waals surface area (Å²) >= 11 is 0. The third-order valence-corrected chi connectivity index (χ3v) is 4.85.